The van der Waals surface area contributed by atoms with Gasteiger partial charge in [-0.15, -0.1) is 0 Å². The minimum absolute atomic E-state index is 0.0000575. The quantitative estimate of drug-likeness (QED) is 0.373. The zero-order chi connectivity index (χ0) is 16.4. The number of cyclic esters (lactones) is 1. The average Bonchev–Trinajstić information content (AvgIpc) is 2.89. The van der Waals surface area contributed by atoms with Crippen LogP contribution in [0.15, 0.2) is 60.2 Å². The van der Waals surface area contributed by atoms with Gasteiger partial charge in [0.05, 0.1) is 10.5 Å². The van der Waals surface area contributed by atoms with Crippen LogP contribution < -0.4 is 0 Å². The Morgan fingerprint density at radius 1 is 1.13 bits per heavy atom. The van der Waals surface area contributed by atoms with Gasteiger partial charge < -0.3 is 4.74 Å². The number of ether oxygens (including phenoxy) is 1. The summed E-state index contributed by atoms with van der Waals surface area (Å²) in [7, 11) is 0. The summed E-state index contributed by atoms with van der Waals surface area (Å²) in [5.41, 5.74) is 2.36. The first-order valence-electron chi connectivity index (χ1n) is 7.00. The lowest BCUT2D eigenvalue weighted by Crippen LogP contribution is -1.98. The molecule has 0 atom stereocenters. The molecule has 0 radical (unpaired) electrons. The molecule has 0 unspecified atom stereocenters. The summed E-state index contributed by atoms with van der Waals surface area (Å²) in [4.78, 5) is 22.5. The van der Waals surface area contributed by atoms with Crippen LogP contribution in [0.25, 0.3) is 11.8 Å². The molecule has 0 aromatic heterocycles. The molecule has 0 aliphatic carbocycles. The van der Waals surface area contributed by atoms with E-state index in [4.69, 9.17) is 4.74 Å². The minimum atomic E-state index is -0.466. The van der Waals surface area contributed by atoms with Crippen LogP contribution in [0.3, 0.4) is 0 Å². The topological polar surface area (TPSA) is 69.4 Å². The zero-order valence-corrected chi connectivity index (χ0v) is 12.4. The van der Waals surface area contributed by atoms with Crippen molar-refractivity contribution in [2.45, 2.75) is 6.92 Å². The summed E-state index contributed by atoms with van der Waals surface area (Å²) >= 11 is 0. The molecule has 1 heterocycles. The smallest absolute Gasteiger partial charge is 0.343 e. The lowest BCUT2D eigenvalue weighted by Gasteiger charge is -2.03. The van der Waals surface area contributed by atoms with Gasteiger partial charge >= 0.3 is 5.97 Å². The maximum Gasteiger partial charge on any atom is 0.343 e. The number of carbonyl (C=O) groups is 1. The summed E-state index contributed by atoms with van der Waals surface area (Å²) in [6.45, 7) is 1.66. The molecule has 0 saturated heterocycles. The fourth-order valence-corrected chi connectivity index (χ4v) is 2.32. The number of nitro benzene ring substituents is 1. The molecule has 114 valence electrons. The third-order valence-corrected chi connectivity index (χ3v) is 3.54. The second-order valence-corrected chi connectivity index (χ2v) is 5.17. The van der Waals surface area contributed by atoms with Crippen LogP contribution in [0.5, 0.6) is 0 Å². The predicted octanol–water partition coefficient (Wildman–Crippen LogP) is 3.88. The van der Waals surface area contributed by atoms with E-state index in [1.165, 1.54) is 6.07 Å². The molecule has 2 aromatic carbocycles. The molecule has 0 amide bonds. The zero-order valence-electron chi connectivity index (χ0n) is 12.4. The molecule has 0 bridgehead atoms. The Bertz CT molecular complexity index is 851. The molecule has 23 heavy (non-hydrogen) atoms. The van der Waals surface area contributed by atoms with Gasteiger partial charge in [0.25, 0.3) is 5.69 Å². The number of nitro groups is 1. The van der Waals surface area contributed by atoms with Gasteiger partial charge in [0, 0.05) is 17.2 Å². The second kappa shape index (κ2) is 5.88. The highest BCUT2D eigenvalue weighted by Crippen LogP contribution is 2.30. The molecule has 5 nitrogen and oxygen atoms in total. The summed E-state index contributed by atoms with van der Waals surface area (Å²) in [6.07, 6.45) is 3.32. The number of esters is 1. The van der Waals surface area contributed by atoms with E-state index in [1.807, 2.05) is 30.3 Å². The van der Waals surface area contributed by atoms with Crippen LogP contribution in [0.1, 0.15) is 16.7 Å². The van der Waals surface area contributed by atoms with Gasteiger partial charge in [-0.1, -0.05) is 42.5 Å². The van der Waals surface area contributed by atoms with Gasteiger partial charge in [-0.3, -0.25) is 10.1 Å². The predicted molar refractivity (Wildman–Crippen MR) is 86.3 cm³/mol. The highest BCUT2D eigenvalue weighted by Gasteiger charge is 2.23. The molecular weight excluding hydrogens is 294 g/mol. The number of carbonyl (C=O) groups excluding carboxylic acids is 1. The number of hydrogen-bond acceptors (Lipinski definition) is 4. The second-order valence-electron chi connectivity index (χ2n) is 5.17. The monoisotopic (exact) mass is 307 g/mol. The SMILES string of the molecule is Cc1ccc(C2=C/C(=C\c3ccccc3)C(=O)O2)cc1[N+](=O)[O-]. The van der Waals surface area contributed by atoms with E-state index in [-0.39, 0.29) is 5.69 Å². The number of benzene rings is 2. The van der Waals surface area contributed by atoms with E-state index < -0.39 is 10.9 Å². The van der Waals surface area contributed by atoms with Crippen molar-refractivity contribution >= 4 is 23.5 Å². The third-order valence-electron chi connectivity index (χ3n) is 3.54. The van der Waals surface area contributed by atoms with E-state index in [2.05, 4.69) is 0 Å². The Labute approximate surface area is 132 Å². The van der Waals surface area contributed by atoms with Crippen LogP contribution in [0.4, 0.5) is 5.69 Å². The summed E-state index contributed by atoms with van der Waals surface area (Å²) in [6, 6.07) is 14.2. The largest absolute Gasteiger partial charge is 0.422 e. The first-order chi connectivity index (χ1) is 11.0. The van der Waals surface area contributed by atoms with Crippen molar-refractivity contribution in [3.05, 3.63) is 87.0 Å². The molecule has 3 rings (SSSR count). The highest BCUT2D eigenvalue weighted by atomic mass is 16.6. The number of nitrogens with zero attached hydrogens (tertiary/aromatic N) is 1. The standard InChI is InChI=1S/C18H13NO4/c1-12-7-8-14(10-16(12)19(21)22)17-11-15(18(20)23-17)9-13-5-3-2-4-6-13/h2-11H,1H3/b15-9+. The van der Waals surface area contributed by atoms with E-state index in [1.54, 1.807) is 31.2 Å². The number of aryl methyl sites for hydroxylation is 1. The average molecular weight is 307 g/mol. The highest BCUT2D eigenvalue weighted by molar-refractivity contribution is 6.05. The van der Waals surface area contributed by atoms with Gasteiger partial charge in [-0.2, -0.15) is 0 Å². The van der Waals surface area contributed by atoms with Gasteiger partial charge in [0.15, 0.2) is 0 Å². The molecule has 2 aromatic rings. The lowest BCUT2D eigenvalue weighted by molar-refractivity contribution is -0.385. The molecule has 1 aliphatic rings. The Kier molecular flexibility index (Phi) is 3.76. The van der Waals surface area contributed by atoms with Gasteiger partial charge in [-0.25, -0.2) is 4.79 Å². The fourth-order valence-electron chi connectivity index (χ4n) is 2.32. The molecule has 0 spiro atoms. The van der Waals surface area contributed by atoms with Crippen molar-refractivity contribution in [1.82, 2.24) is 0 Å². The minimum Gasteiger partial charge on any atom is -0.422 e. The van der Waals surface area contributed by atoms with Crippen LogP contribution in [-0.2, 0) is 9.53 Å². The normalized spacial score (nSPS) is 15.4. The third kappa shape index (κ3) is 3.03. The summed E-state index contributed by atoms with van der Waals surface area (Å²) in [5, 5.41) is 11.0. The molecule has 0 saturated carbocycles. The summed E-state index contributed by atoms with van der Waals surface area (Å²) in [5.74, 6) is -0.146. The summed E-state index contributed by atoms with van der Waals surface area (Å²) < 4.78 is 5.24. The first kappa shape index (κ1) is 14.7. The van der Waals surface area contributed by atoms with E-state index in [0.717, 1.165) is 5.56 Å². The molecular formula is C18H13NO4. The van der Waals surface area contributed by atoms with Crippen LogP contribution >= 0.6 is 0 Å². The molecule has 1 aliphatic heterocycles. The van der Waals surface area contributed by atoms with Crippen LogP contribution in [0.2, 0.25) is 0 Å². The maximum atomic E-state index is 12.0. The Morgan fingerprint density at radius 3 is 2.57 bits per heavy atom. The Hall–Kier alpha value is -3.21. The van der Waals surface area contributed by atoms with Gasteiger partial charge in [-0.05, 0) is 24.6 Å². The van der Waals surface area contributed by atoms with Gasteiger partial charge in [0.2, 0.25) is 0 Å². The molecule has 5 heteroatoms. The van der Waals surface area contributed by atoms with Gasteiger partial charge in [0.1, 0.15) is 5.76 Å². The van der Waals surface area contributed by atoms with Crippen LogP contribution in [0, 0.1) is 17.0 Å². The Balaban J connectivity index is 1.97. The molecule has 0 N–H and O–H groups in total. The van der Waals surface area contributed by atoms with Crippen molar-refractivity contribution < 1.29 is 14.5 Å². The number of rotatable bonds is 3. The van der Waals surface area contributed by atoms with Crippen molar-refractivity contribution in [2.24, 2.45) is 0 Å². The first-order valence-corrected chi connectivity index (χ1v) is 7.00. The van der Waals surface area contributed by atoms with Crippen molar-refractivity contribution in [3.63, 3.8) is 0 Å². The Morgan fingerprint density at radius 2 is 1.87 bits per heavy atom. The lowest BCUT2D eigenvalue weighted by atomic mass is 10.1. The number of hydrogen-bond donors (Lipinski definition) is 0. The van der Waals surface area contributed by atoms with E-state index >= 15 is 0 Å². The fraction of sp³-hybridized carbons (Fsp3) is 0.0556. The van der Waals surface area contributed by atoms with Crippen molar-refractivity contribution in [2.75, 3.05) is 0 Å². The van der Waals surface area contributed by atoms with E-state index in [9.17, 15) is 14.9 Å². The van der Waals surface area contributed by atoms with E-state index in [0.29, 0.717) is 22.5 Å². The van der Waals surface area contributed by atoms with Crippen molar-refractivity contribution in [3.8, 4) is 0 Å². The maximum absolute atomic E-state index is 12.0. The molecule has 0 fully saturated rings. The van der Waals surface area contributed by atoms with Crippen molar-refractivity contribution in [1.29, 1.82) is 0 Å². The van der Waals surface area contributed by atoms with Crippen LogP contribution in [-0.4, -0.2) is 10.9 Å².